The van der Waals surface area contributed by atoms with Gasteiger partial charge in [-0.3, -0.25) is 9.59 Å². The van der Waals surface area contributed by atoms with Crippen LogP contribution in [0.1, 0.15) is 27.2 Å². The fraction of sp³-hybridized carbons (Fsp3) is 0.263. The average Bonchev–Trinajstić information content (AvgIpc) is 3.14. The molecule has 1 aromatic heterocycles. The smallest absolute Gasteiger partial charge is 0.338 e. The quantitative estimate of drug-likeness (QED) is 0.799. The summed E-state index contributed by atoms with van der Waals surface area (Å²) in [5.74, 6) is -1.25. The topological polar surface area (TPSA) is 99.5 Å². The highest BCUT2D eigenvalue weighted by Gasteiger charge is 2.22. The van der Waals surface area contributed by atoms with Gasteiger partial charge in [-0.15, -0.1) is 11.3 Å². The van der Waals surface area contributed by atoms with E-state index < -0.39 is 11.9 Å². The van der Waals surface area contributed by atoms with Crippen molar-refractivity contribution in [2.75, 3.05) is 18.5 Å². The highest BCUT2D eigenvalue weighted by molar-refractivity contribution is 7.10. The van der Waals surface area contributed by atoms with Gasteiger partial charge in [0.15, 0.2) is 6.61 Å². The summed E-state index contributed by atoms with van der Waals surface area (Å²) >= 11 is 1.70. The number of rotatable bonds is 5. The number of ether oxygens (including phenoxy) is 1. The molecule has 8 heteroatoms. The Morgan fingerprint density at radius 1 is 1.22 bits per heavy atom. The number of amides is 2. The molecule has 1 N–H and O–H groups in total. The van der Waals surface area contributed by atoms with Gasteiger partial charge in [0.1, 0.15) is 6.42 Å². The fourth-order valence-corrected chi connectivity index (χ4v) is 3.62. The summed E-state index contributed by atoms with van der Waals surface area (Å²) in [5, 5.41) is 13.0. The van der Waals surface area contributed by atoms with Crippen molar-refractivity contribution >= 4 is 34.8 Å². The van der Waals surface area contributed by atoms with Crippen LogP contribution in [0.15, 0.2) is 35.7 Å². The summed E-state index contributed by atoms with van der Waals surface area (Å²) in [5.41, 5.74) is 1.91. The molecule has 1 aliphatic rings. The van der Waals surface area contributed by atoms with E-state index in [1.54, 1.807) is 22.3 Å². The van der Waals surface area contributed by atoms with E-state index in [1.807, 2.05) is 11.4 Å². The molecule has 0 saturated heterocycles. The van der Waals surface area contributed by atoms with Gasteiger partial charge in [-0.2, -0.15) is 5.26 Å². The molecule has 2 aromatic rings. The molecule has 0 saturated carbocycles. The maximum Gasteiger partial charge on any atom is 0.338 e. The second-order valence-electron chi connectivity index (χ2n) is 5.97. The number of esters is 1. The van der Waals surface area contributed by atoms with E-state index in [4.69, 9.17) is 10.00 Å². The molecule has 0 unspecified atom stereocenters. The Kier molecular flexibility index (Phi) is 5.84. The van der Waals surface area contributed by atoms with Crippen LogP contribution in [0.3, 0.4) is 0 Å². The second kappa shape index (κ2) is 8.47. The van der Waals surface area contributed by atoms with Crippen molar-refractivity contribution in [1.29, 1.82) is 5.26 Å². The minimum absolute atomic E-state index is 0.222. The van der Waals surface area contributed by atoms with Crippen molar-refractivity contribution in [1.82, 2.24) is 4.90 Å². The molecule has 0 aliphatic carbocycles. The lowest BCUT2D eigenvalue weighted by Gasteiger charge is -2.26. The third kappa shape index (κ3) is 4.71. The molecular weight excluding hydrogens is 366 g/mol. The molecule has 1 aliphatic heterocycles. The molecule has 3 rings (SSSR count). The lowest BCUT2D eigenvalue weighted by molar-refractivity contribution is -0.135. The van der Waals surface area contributed by atoms with E-state index in [1.165, 1.54) is 29.1 Å². The van der Waals surface area contributed by atoms with Crippen LogP contribution in [-0.2, 0) is 27.3 Å². The largest absolute Gasteiger partial charge is 0.452 e. The molecule has 2 amide bonds. The minimum atomic E-state index is -0.605. The molecule has 0 atom stereocenters. The number of nitrogens with zero attached hydrogens (tertiary/aromatic N) is 2. The molecular formula is C19H17N3O4S. The predicted octanol–water partition coefficient (Wildman–Crippen LogP) is 2.34. The number of anilines is 1. The Morgan fingerprint density at radius 2 is 2.00 bits per heavy atom. The molecule has 0 bridgehead atoms. The highest BCUT2D eigenvalue weighted by Crippen LogP contribution is 2.24. The van der Waals surface area contributed by atoms with Gasteiger partial charge in [-0.25, -0.2) is 4.79 Å². The SMILES string of the molecule is N#CCC(=O)Nc1ccc(C(=O)OCC(=O)N2CCc3sccc3C2)cc1. The average molecular weight is 383 g/mol. The first-order valence-corrected chi connectivity index (χ1v) is 9.22. The van der Waals surface area contributed by atoms with E-state index in [9.17, 15) is 14.4 Å². The zero-order valence-electron chi connectivity index (χ0n) is 14.4. The lowest BCUT2D eigenvalue weighted by atomic mass is 10.1. The minimum Gasteiger partial charge on any atom is -0.452 e. The number of hydrogen-bond acceptors (Lipinski definition) is 6. The number of fused-ring (bicyclic) bond motifs is 1. The first-order valence-electron chi connectivity index (χ1n) is 8.34. The van der Waals surface area contributed by atoms with Crippen LogP contribution >= 0.6 is 11.3 Å². The summed E-state index contributed by atoms with van der Waals surface area (Å²) in [7, 11) is 0. The van der Waals surface area contributed by atoms with Gasteiger partial charge in [0.05, 0.1) is 11.6 Å². The van der Waals surface area contributed by atoms with Gasteiger partial charge >= 0.3 is 5.97 Å². The van der Waals surface area contributed by atoms with Gasteiger partial charge in [-0.05, 0) is 47.7 Å². The second-order valence-corrected chi connectivity index (χ2v) is 6.97. The molecule has 0 spiro atoms. The van der Waals surface area contributed by atoms with Crippen molar-refractivity contribution in [3.63, 3.8) is 0 Å². The maximum absolute atomic E-state index is 12.3. The van der Waals surface area contributed by atoms with Gasteiger partial charge in [0, 0.05) is 23.7 Å². The Bertz CT molecular complexity index is 898. The third-order valence-electron chi connectivity index (χ3n) is 4.13. The summed E-state index contributed by atoms with van der Waals surface area (Å²) in [4.78, 5) is 38.7. The Balaban J connectivity index is 1.50. The van der Waals surface area contributed by atoms with E-state index in [0.717, 1.165) is 12.0 Å². The van der Waals surface area contributed by atoms with Crippen LogP contribution < -0.4 is 5.32 Å². The third-order valence-corrected chi connectivity index (χ3v) is 5.15. The van der Waals surface area contributed by atoms with Crippen molar-refractivity contribution in [2.24, 2.45) is 0 Å². The normalized spacial score (nSPS) is 12.6. The Labute approximate surface area is 160 Å². The van der Waals surface area contributed by atoms with Crippen molar-refractivity contribution in [3.05, 3.63) is 51.7 Å². The number of carbonyl (C=O) groups excluding carboxylic acids is 3. The van der Waals surface area contributed by atoms with Gasteiger partial charge < -0.3 is 15.0 Å². The van der Waals surface area contributed by atoms with Crippen LogP contribution in [0.25, 0.3) is 0 Å². The molecule has 27 heavy (non-hydrogen) atoms. The molecule has 0 radical (unpaired) electrons. The first-order chi connectivity index (χ1) is 13.1. The first kappa shape index (κ1) is 18.6. The van der Waals surface area contributed by atoms with E-state index in [-0.39, 0.29) is 24.5 Å². The monoisotopic (exact) mass is 383 g/mol. The molecule has 2 heterocycles. The number of hydrogen-bond donors (Lipinski definition) is 1. The Hall–Kier alpha value is -3.18. The molecule has 1 aromatic carbocycles. The zero-order chi connectivity index (χ0) is 19.2. The summed E-state index contributed by atoms with van der Waals surface area (Å²) in [6.45, 7) is 0.867. The van der Waals surface area contributed by atoms with E-state index in [2.05, 4.69) is 5.32 Å². The van der Waals surface area contributed by atoms with Crippen LogP contribution in [-0.4, -0.2) is 35.8 Å². The fourth-order valence-electron chi connectivity index (χ4n) is 2.73. The number of nitriles is 1. The maximum atomic E-state index is 12.3. The summed E-state index contributed by atoms with van der Waals surface area (Å²) in [6.07, 6.45) is 0.584. The van der Waals surface area contributed by atoms with Crippen LogP contribution in [0.5, 0.6) is 0 Å². The number of carbonyl (C=O) groups is 3. The standard InChI is InChI=1S/C19H17N3O4S/c20-8-5-17(23)21-15-3-1-13(2-4-15)19(25)26-12-18(24)22-9-6-16-14(11-22)7-10-27-16/h1-4,7,10H,5-6,9,11-12H2,(H,21,23). The molecule has 0 fully saturated rings. The molecule has 138 valence electrons. The number of thiophene rings is 1. The van der Waals surface area contributed by atoms with Crippen molar-refractivity contribution in [3.8, 4) is 6.07 Å². The lowest BCUT2D eigenvalue weighted by Crippen LogP contribution is -2.38. The van der Waals surface area contributed by atoms with Crippen LogP contribution in [0, 0.1) is 11.3 Å². The summed E-state index contributed by atoms with van der Waals surface area (Å²) < 4.78 is 5.11. The van der Waals surface area contributed by atoms with Gasteiger partial charge in [0.2, 0.25) is 5.91 Å². The number of benzene rings is 1. The van der Waals surface area contributed by atoms with Gasteiger partial charge in [-0.1, -0.05) is 0 Å². The zero-order valence-corrected chi connectivity index (χ0v) is 15.3. The predicted molar refractivity (Wildman–Crippen MR) is 99.0 cm³/mol. The van der Waals surface area contributed by atoms with Crippen LogP contribution in [0.2, 0.25) is 0 Å². The Morgan fingerprint density at radius 3 is 2.74 bits per heavy atom. The molecule has 7 nitrogen and oxygen atoms in total. The van der Waals surface area contributed by atoms with Crippen molar-refractivity contribution < 1.29 is 19.1 Å². The van der Waals surface area contributed by atoms with E-state index >= 15 is 0 Å². The van der Waals surface area contributed by atoms with Crippen molar-refractivity contribution in [2.45, 2.75) is 19.4 Å². The van der Waals surface area contributed by atoms with Crippen LogP contribution in [0.4, 0.5) is 5.69 Å². The summed E-state index contributed by atoms with van der Waals surface area (Å²) in [6, 6.07) is 9.83. The van der Waals surface area contributed by atoms with E-state index in [0.29, 0.717) is 18.8 Å². The number of nitrogens with one attached hydrogen (secondary N) is 1. The van der Waals surface area contributed by atoms with Gasteiger partial charge in [0.25, 0.3) is 5.91 Å². The highest BCUT2D eigenvalue weighted by atomic mass is 32.1.